The van der Waals surface area contributed by atoms with Crippen LogP contribution in [0, 0.1) is 0 Å². The summed E-state index contributed by atoms with van der Waals surface area (Å²) >= 11 is 0. The number of hydrogen-bond acceptors (Lipinski definition) is 2. The van der Waals surface area contributed by atoms with Crippen molar-refractivity contribution < 1.29 is 4.43 Å². The van der Waals surface area contributed by atoms with Gasteiger partial charge in [-0.15, -0.1) is 6.58 Å². The summed E-state index contributed by atoms with van der Waals surface area (Å²) in [6.45, 7) is 12.8. The van der Waals surface area contributed by atoms with Crippen molar-refractivity contribution in [1.29, 1.82) is 0 Å². The first-order valence-corrected chi connectivity index (χ1v) is 5.62. The third kappa shape index (κ3) is 25.8. The molecule has 0 aromatic heterocycles. The Balaban J connectivity index is 0. The molecule has 68 valence electrons. The molecule has 0 radical (unpaired) electrons. The van der Waals surface area contributed by atoms with Gasteiger partial charge in [-0.1, -0.05) is 19.5 Å². The first-order valence-electron chi connectivity index (χ1n) is 4.22. The Morgan fingerprint density at radius 1 is 1.36 bits per heavy atom. The van der Waals surface area contributed by atoms with Crippen molar-refractivity contribution in [2.24, 2.45) is 0 Å². The van der Waals surface area contributed by atoms with Crippen molar-refractivity contribution in [3.05, 3.63) is 12.3 Å². The lowest BCUT2D eigenvalue weighted by molar-refractivity contribution is 0.367. The molecule has 0 spiro atoms. The Kier molecular flexibility index (Phi) is 20.1. The monoisotopic (exact) mass is 175 g/mol. The maximum absolute atomic E-state index is 5.00. The zero-order valence-corrected chi connectivity index (χ0v) is 9.44. The third-order valence-corrected chi connectivity index (χ3v) is 1.82. The number of hydrogen-bond donors (Lipinski definition) is 1. The molecule has 0 aliphatic rings. The van der Waals surface area contributed by atoms with E-state index in [9.17, 15) is 0 Å². The minimum absolute atomic E-state index is 0.314. The maximum atomic E-state index is 5.00. The fourth-order valence-electron chi connectivity index (χ4n) is 0.451. The lowest BCUT2D eigenvalue weighted by Gasteiger charge is -1.87. The summed E-state index contributed by atoms with van der Waals surface area (Å²) in [5.74, 6) is 0. The Morgan fingerprint density at radius 3 is 2.00 bits per heavy atom. The predicted octanol–water partition coefficient (Wildman–Crippen LogP) is 0.866. The molecule has 1 N–H and O–H groups in total. The molecule has 3 heteroatoms. The third-order valence-electron chi connectivity index (χ3n) is 0.940. The van der Waals surface area contributed by atoms with Gasteiger partial charge in [0.1, 0.15) is 0 Å². The number of rotatable bonds is 5. The van der Waals surface area contributed by atoms with Gasteiger partial charge in [0.2, 0.25) is 0 Å². The molecule has 0 saturated heterocycles. The van der Waals surface area contributed by atoms with Crippen molar-refractivity contribution in [3.8, 4) is 0 Å². The van der Waals surface area contributed by atoms with Gasteiger partial charge in [0.05, 0.1) is 0 Å². The highest BCUT2D eigenvalue weighted by Gasteiger charge is 1.70. The van der Waals surface area contributed by atoms with Crippen molar-refractivity contribution in [3.63, 3.8) is 0 Å². The van der Waals surface area contributed by atoms with Gasteiger partial charge in [-0.3, -0.25) is 0 Å². The van der Waals surface area contributed by atoms with Gasteiger partial charge in [0.15, 0.2) is 9.76 Å². The van der Waals surface area contributed by atoms with Crippen LogP contribution >= 0.6 is 0 Å². The van der Waals surface area contributed by atoms with Gasteiger partial charge in [-0.05, 0) is 20.0 Å². The Bertz CT molecular complexity index is 67.1. The second-order valence-electron chi connectivity index (χ2n) is 1.91. The minimum atomic E-state index is -0.314. The summed E-state index contributed by atoms with van der Waals surface area (Å²) in [4.78, 5) is 0. The fourth-order valence-corrected chi connectivity index (χ4v) is 0.854. The molecule has 0 fully saturated rings. The largest absolute Gasteiger partial charge is 0.419 e. The standard InChI is InChI=1S/C4H11N.C4H10OSi/c1-3-5-4-2;1-3-5-6-4-2/h5H,3-4H2,1-2H3;4H,2-3,6H2,1H3. The Hall–Kier alpha value is -0.123. The summed E-state index contributed by atoms with van der Waals surface area (Å²) in [5.41, 5.74) is 1.88. The zero-order chi connectivity index (χ0) is 8.95. The highest BCUT2D eigenvalue weighted by atomic mass is 28.2. The topological polar surface area (TPSA) is 21.3 Å². The van der Waals surface area contributed by atoms with E-state index in [-0.39, 0.29) is 9.76 Å². The summed E-state index contributed by atoms with van der Waals surface area (Å²) in [6.07, 6.45) is 0. The molecule has 0 bridgehead atoms. The van der Waals surface area contributed by atoms with Gasteiger partial charge >= 0.3 is 0 Å². The molecule has 0 aliphatic carbocycles. The highest BCUT2D eigenvalue weighted by Crippen LogP contribution is 1.65. The van der Waals surface area contributed by atoms with Gasteiger partial charge in [0, 0.05) is 6.61 Å². The number of nitrogens with one attached hydrogen (secondary N) is 1. The van der Waals surface area contributed by atoms with Crippen molar-refractivity contribution in [2.45, 2.75) is 20.8 Å². The van der Waals surface area contributed by atoms with Gasteiger partial charge in [-0.2, -0.15) is 0 Å². The van der Waals surface area contributed by atoms with E-state index >= 15 is 0 Å². The molecule has 0 aromatic rings. The van der Waals surface area contributed by atoms with Crippen LogP contribution in [0.25, 0.3) is 0 Å². The van der Waals surface area contributed by atoms with Crippen molar-refractivity contribution >= 4 is 9.76 Å². The Morgan fingerprint density at radius 2 is 1.91 bits per heavy atom. The average molecular weight is 175 g/mol. The minimum Gasteiger partial charge on any atom is -0.419 e. The molecule has 2 nitrogen and oxygen atoms in total. The van der Waals surface area contributed by atoms with Gasteiger partial charge in [-0.25, -0.2) is 0 Å². The van der Waals surface area contributed by atoms with E-state index in [2.05, 4.69) is 25.7 Å². The van der Waals surface area contributed by atoms with E-state index < -0.39 is 0 Å². The molecule has 0 saturated carbocycles. The average Bonchev–Trinajstić information content (AvgIpc) is 2.04. The zero-order valence-electron chi connectivity index (χ0n) is 8.02. The molecule has 11 heavy (non-hydrogen) atoms. The van der Waals surface area contributed by atoms with Crippen LogP contribution in [0.5, 0.6) is 0 Å². The van der Waals surface area contributed by atoms with Crippen LogP contribution in [0.4, 0.5) is 0 Å². The van der Waals surface area contributed by atoms with Crippen LogP contribution in [-0.2, 0) is 4.43 Å². The van der Waals surface area contributed by atoms with Crippen LogP contribution in [-0.4, -0.2) is 29.5 Å². The Labute approximate surface area is 73.0 Å². The molecule has 0 aliphatic heterocycles. The van der Waals surface area contributed by atoms with E-state index in [1.54, 1.807) is 0 Å². The smallest absolute Gasteiger partial charge is 0.184 e. The van der Waals surface area contributed by atoms with Gasteiger partial charge in [0.25, 0.3) is 0 Å². The molecule has 0 unspecified atom stereocenters. The molecule has 0 amide bonds. The predicted molar refractivity (Wildman–Crippen MR) is 54.6 cm³/mol. The highest BCUT2D eigenvalue weighted by molar-refractivity contribution is 6.33. The van der Waals surface area contributed by atoms with Gasteiger partial charge < -0.3 is 9.74 Å². The normalized spacial score (nSPS) is 9.36. The second-order valence-corrected chi connectivity index (χ2v) is 3.22. The summed E-state index contributed by atoms with van der Waals surface area (Å²) < 4.78 is 5.00. The van der Waals surface area contributed by atoms with Crippen LogP contribution in [0.3, 0.4) is 0 Å². The van der Waals surface area contributed by atoms with Crippen LogP contribution in [0.2, 0.25) is 0 Å². The van der Waals surface area contributed by atoms with Crippen LogP contribution < -0.4 is 5.32 Å². The van der Waals surface area contributed by atoms with E-state index in [1.165, 1.54) is 0 Å². The van der Waals surface area contributed by atoms with Crippen LogP contribution in [0.1, 0.15) is 20.8 Å². The first kappa shape index (κ1) is 13.5. The molecule has 0 aromatic carbocycles. The molecule has 0 atom stereocenters. The quantitative estimate of drug-likeness (QED) is 0.494. The summed E-state index contributed by atoms with van der Waals surface area (Å²) in [7, 11) is -0.314. The summed E-state index contributed by atoms with van der Waals surface area (Å²) in [6, 6.07) is 0. The molecule has 0 rings (SSSR count). The molecular weight excluding hydrogens is 154 g/mol. The summed E-state index contributed by atoms with van der Waals surface area (Å²) in [5, 5.41) is 3.11. The molecular formula is C8H21NOSi. The van der Waals surface area contributed by atoms with E-state index in [1.807, 2.05) is 12.6 Å². The van der Waals surface area contributed by atoms with E-state index in [4.69, 9.17) is 4.43 Å². The van der Waals surface area contributed by atoms with Crippen molar-refractivity contribution in [2.75, 3.05) is 19.7 Å². The molecule has 0 heterocycles. The first-order chi connectivity index (χ1) is 5.33. The van der Waals surface area contributed by atoms with Crippen LogP contribution in [0.15, 0.2) is 12.3 Å². The van der Waals surface area contributed by atoms with Crippen molar-refractivity contribution in [1.82, 2.24) is 5.32 Å². The SMILES string of the molecule is C=C[SiH2]OCC.CCNCC. The lowest BCUT2D eigenvalue weighted by Crippen LogP contribution is -2.09. The maximum Gasteiger partial charge on any atom is 0.184 e. The lowest BCUT2D eigenvalue weighted by atomic mass is 10.7. The van der Waals surface area contributed by atoms with E-state index in [0.29, 0.717) is 0 Å². The van der Waals surface area contributed by atoms with E-state index in [0.717, 1.165) is 19.7 Å². The fraction of sp³-hybridized carbons (Fsp3) is 0.750. The second kappa shape index (κ2) is 16.5.